The molecule has 1 saturated heterocycles. The molecule has 0 unspecified atom stereocenters. The van der Waals surface area contributed by atoms with Gasteiger partial charge < -0.3 is 19.9 Å². The van der Waals surface area contributed by atoms with Gasteiger partial charge in [-0.25, -0.2) is 9.59 Å². The first kappa shape index (κ1) is 30.5. The third-order valence-electron chi connectivity index (χ3n) is 7.67. The summed E-state index contributed by atoms with van der Waals surface area (Å²) >= 11 is 0. The zero-order chi connectivity index (χ0) is 29.0. The Morgan fingerprint density at radius 1 is 1.03 bits per heavy atom. The Balaban J connectivity index is 2.11. The number of nitrogens with zero attached hydrogens (tertiary/aromatic N) is 1. The predicted molar refractivity (Wildman–Crippen MR) is 154 cm³/mol. The van der Waals surface area contributed by atoms with Gasteiger partial charge in [-0.15, -0.1) is 0 Å². The van der Waals surface area contributed by atoms with Crippen LogP contribution in [0.1, 0.15) is 84.0 Å². The number of hydrogen-bond donors (Lipinski definition) is 2. The van der Waals surface area contributed by atoms with E-state index < -0.39 is 35.5 Å². The van der Waals surface area contributed by atoms with Gasteiger partial charge >= 0.3 is 12.1 Å². The third-order valence-corrected chi connectivity index (χ3v) is 7.67. The van der Waals surface area contributed by atoms with Crippen LogP contribution in [0.4, 0.5) is 4.79 Å². The lowest BCUT2D eigenvalue weighted by molar-refractivity contribution is -0.144. The van der Waals surface area contributed by atoms with Gasteiger partial charge in [-0.3, -0.25) is 4.90 Å². The van der Waals surface area contributed by atoms with E-state index in [2.05, 4.69) is 38.2 Å². The number of nitrogens with one attached hydrogen (secondary N) is 1. The summed E-state index contributed by atoms with van der Waals surface area (Å²) in [6, 6.07) is 14.0. The predicted octanol–water partition coefficient (Wildman–Crippen LogP) is 6.56. The quantitative estimate of drug-likeness (QED) is 0.352. The van der Waals surface area contributed by atoms with E-state index in [1.165, 1.54) is 10.5 Å². The average Bonchev–Trinajstić information content (AvgIpc) is 3.23. The van der Waals surface area contributed by atoms with Gasteiger partial charge in [0.25, 0.3) is 0 Å². The van der Waals surface area contributed by atoms with Crippen LogP contribution in [0, 0.1) is 11.3 Å². The summed E-state index contributed by atoms with van der Waals surface area (Å²) in [5, 5.41) is 14.2. The first-order valence-electron chi connectivity index (χ1n) is 13.9. The van der Waals surface area contributed by atoms with Gasteiger partial charge in [0.05, 0.1) is 19.8 Å². The number of aliphatic carboxylic acids is 1. The minimum Gasteiger partial charge on any atom is -0.496 e. The molecule has 2 aromatic rings. The van der Waals surface area contributed by atoms with E-state index in [4.69, 9.17) is 9.47 Å². The molecule has 1 fully saturated rings. The van der Waals surface area contributed by atoms with Crippen LogP contribution in [0.2, 0.25) is 0 Å². The van der Waals surface area contributed by atoms with E-state index in [1.54, 1.807) is 7.11 Å². The lowest BCUT2D eigenvalue weighted by Gasteiger charge is -2.35. The summed E-state index contributed by atoms with van der Waals surface area (Å²) in [6.07, 6.45) is 1.01. The molecule has 0 saturated carbocycles. The highest BCUT2D eigenvalue weighted by molar-refractivity contribution is 5.82. The number of rotatable bonds is 9. The summed E-state index contributed by atoms with van der Waals surface area (Å²) in [7, 11) is 1.66. The monoisotopic (exact) mass is 538 g/mol. The molecule has 0 bridgehead atoms. The van der Waals surface area contributed by atoms with Crippen molar-refractivity contribution in [3.8, 4) is 5.75 Å². The summed E-state index contributed by atoms with van der Waals surface area (Å²) < 4.78 is 11.3. The number of methoxy groups -OCH3 is 1. The number of carboxylic acid groups (broad SMARTS) is 1. The van der Waals surface area contributed by atoms with Gasteiger partial charge in [0.15, 0.2) is 0 Å². The Labute approximate surface area is 233 Å². The maximum atomic E-state index is 13.6. The molecule has 7 heteroatoms. The van der Waals surface area contributed by atoms with Crippen molar-refractivity contribution in [2.75, 3.05) is 13.7 Å². The number of carboxylic acids is 1. The summed E-state index contributed by atoms with van der Waals surface area (Å²) in [5.41, 5.74) is 2.57. The van der Waals surface area contributed by atoms with Gasteiger partial charge in [-0.05, 0) is 34.4 Å². The van der Waals surface area contributed by atoms with Gasteiger partial charge in [-0.2, -0.15) is 0 Å². The Bertz CT molecular complexity index is 1120. The largest absolute Gasteiger partial charge is 0.496 e. The minimum absolute atomic E-state index is 0.0393. The SMILES string of the molecule is CCCCOC(=O)N1[C@H](C(=O)O)[C@@H](C(C)(C)C)[C@H](NCc2cc(C(C)(C)C)ccc2OC)[C@@H]1c1ccccc1. The molecular weight excluding hydrogens is 492 g/mol. The number of benzene rings is 2. The second-order valence-electron chi connectivity index (χ2n) is 12.6. The minimum atomic E-state index is -1.05. The van der Waals surface area contributed by atoms with Crippen molar-refractivity contribution in [3.63, 3.8) is 0 Å². The first-order valence-corrected chi connectivity index (χ1v) is 13.9. The number of carbonyl (C=O) groups excluding carboxylic acids is 1. The van der Waals surface area contributed by atoms with Gasteiger partial charge in [0.1, 0.15) is 11.8 Å². The van der Waals surface area contributed by atoms with Gasteiger partial charge in [0.2, 0.25) is 0 Å². The molecule has 0 aliphatic carbocycles. The van der Waals surface area contributed by atoms with Crippen LogP contribution in [-0.2, 0) is 21.5 Å². The molecule has 0 radical (unpaired) electrons. The molecule has 39 heavy (non-hydrogen) atoms. The van der Waals surface area contributed by atoms with E-state index in [1.807, 2.05) is 64.1 Å². The first-order chi connectivity index (χ1) is 18.3. The molecule has 1 aliphatic heterocycles. The van der Waals surface area contributed by atoms with Crippen molar-refractivity contribution in [1.82, 2.24) is 10.2 Å². The van der Waals surface area contributed by atoms with Crippen LogP contribution in [0.3, 0.4) is 0 Å². The van der Waals surface area contributed by atoms with Crippen LogP contribution >= 0.6 is 0 Å². The maximum Gasteiger partial charge on any atom is 0.411 e. The van der Waals surface area contributed by atoms with E-state index in [0.29, 0.717) is 6.54 Å². The maximum absolute atomic E-state index is 13.6. The Morgan fingerprint density at radius 2 is 1.69 bits per heavy atom. The zero-order valence-corrected chi connectivity index (χ0v) is 24.8. The lowest BCUT2D eigenvalue weighted by Crippen LogP contribution is -2.48. The highest BCUT2D eigenvalue weighted by atomic mass is 16.6. The molecular formula is C32H46N2O5. The van der Waals surface area contributed by atoms with Crippen molar-refractivity contribution < 1.29 is 24.2 Å². The Morgan fingerprint density at radius 3 is 2.23 bits per heavy atom. The number of carbonyl (C=O) groups is 2. The Kier molecular flexibility index (Phi) is 9.70. The van der Waals surface area contributed by atoms with E-state index in [9.17, 15) is 14.7 Å². The third kappa shape index (κ3) is 6.93. The molecule has 0 spiro atoms. The molecule has 3 rings (SSSR count). The van der Waals surface area contributed by atoms with Crippen LogP contribution in [-0.4, -0.2) is 47.9 Å². The standard InChI is InChI=1S/C32H46N2O5/c1-9-10-18-39-30(37)34-27(21-14-12-11-13-15-21)26(25(32(5,6)7)28(34)29(35)36)33-20-22-19-23(31(2,3)4)16-17-24(22)38-8/h11-17,19,25-28,33H,9-10,18,20H2,1-8H3,(H,35,36)/t25-,26-,27-,28-/m0/s1. The Hall–Kier alpha value is -3.06. The summed E-state index contributed by atoms with van der Waals surface area (Å²) in [4.78, 5) is 27.9. The molecule has 1 heterocycles. The van der Waals surface area contributed by atoms with E-state index in [0.717, 1.165) is 29.7 Å². The average molecular weight is 539 g/mol. The van der Waals surface area contributed by atoms with E-state index >= 15 is 0 Å². The summed E-state index contributed by atoms with van der Waals surface area (Å²) in [5.74, 6) is -0.654. The zero-order valence-electron chi connectivity index (χ0n) is 24.8. The topological polar surface area (TPSA) is 88.1 Å². The van der Waals surface area contributed by atoms with Crippen molar-refractivity contribution in [2.24, 2.45) is 11.3 Å². The highest BCUT2D eigenvalue weighted by Crippen LogP contribution is 2.48. The molecule has 2 N–H and O–H groups in total. The molecule has 0 aromatic heterocycles. The van der Waals surface area contributed by atoms with Crippen molar-refractivity contribution in [1.29, 1.82) is 0 Å². The fraction of sp³-hybridized carbons (Fsp3) is 0.562. The van der Waals surface area contributed by atoms with E-state index in [-0.39, 0.29) is 18.1 Å². The van der Waals surface area contributed by atoms with Crippen LogP contribution < -0.4 is 10.1 Å². The van der Waals surface area contributed by atoms with Crippen LogP contribution in [0.5, 0.6) is 5.75 Å². The second-order valence-corrected chi connectivity index (χ2v) is 12.6. The number of ether oxygens (including phenoxy) is 2. The smallest absolute Gasteiger partial charge is 0.411 e. The number of likely N-dealkylation sites (tertiary alicyclic amines) is 1. The van der Waals surface area contributed by atoms with Crippen LogP contribution in [0.25, 0.3) is 0 Å². The molecule has 4 atom stereocenters. The fourth-order valence-corrected chi connectivity index (χ4v) is 5.67. The van der Waals surface area contributed by atoms with Crippen molar-refractivity contribution in [2.45, 2.75) is 91.4 Å². The van der Waals surface area contributed by atoms with Crippen molar-refractivity contribution >= 4 is 12.1 Å². The van der Waals surface area contributed by atoms with Gasteiger partial charge in [-0.1, -0.05) is 97.4 Å². The molecule has 7 nitrogen and oxygen atoms in total. The van der Waals surface area contributed by atoms with Crippen molar-refractivity contribution in [3.05, 3.63) is 65.2 Å². The lowest BCUT2D eigenvalue weighted by atomic mass is 9.72. The number of hydrogen-bond acceptors (Lipinski definition) is 5. The molecule has 1 amide bonds. The normalized spacial score (nSPS) is 21.6. The summed E-state index contributed by atoms with van der Waals surface area (Å²) in [6.45, 7) is 15.4. The molecule has 214 valence electrons. The highest BCUT2D eigenvalue weighted by Gasteiger charge is 2.58. The fourth-order valence-electron chi connectivity index (χ4n) is 5.67. The number of amides is 1. The second kappa shape index (κ2) is 12.4. The van der Waals surface area contributed by atoms with Crippen LogP contribution in [0.15, 0.2) is 48.5 Å². The van der Waals surface area contributed by atoms with Gasteiger partial charge in [0, 0.05) is 24.1 Å². The number of unbranched alkanes of at least 4 members (excludes halogenated alkanes) is 1. The molecule has 1 aliphatic rings. The molecule has 2 aromatic carbocycles.